The number of anilines is 1. The zero-order valence-electron chi connectivity index (χ0n) is 27.3. The van der Waals surface area contributed by atoms with Crippen LogP contribution in [-0.2, 0) is 9.53 Å². The molecule has 0 spiro atoms. The van der Waals surface area contributed by atoms with Crippen molar-refractivity contribution in [3.8, 4) is 11.8 Å². The molecule has 0 radical (unpaired) electrons. The minimum atomic E-state index is -0.477. The van der Waals surface area contributed by atoms with E-state index in [1.807, 2.05) is 17.0 Å². The summed E-state index contributed by atoms with van der Waals surface area (Å²) in [6, 6.07) is 10.1. The van der Waals surface area contributed by atoms with Crippen molar-refractivity contribution >= 4 is 11.7 Å². The predicted octanol–water partition coefficient (Wildman–Crippen LogP) is 8.39. The van der Waals surface area contributed by atoms with Gasteiger partial charge in [-0.25, -0.2) is 9.37 Å². The number of carbonyl (C=O) groups excluding carboxylic acids is 1. The van der Waals surface area contributed by atoms with Gasteiger partial charge in [-0.2, -0.15) is 0 Å². The number of rotatable bonds is 6. The molecule has 3 fully saturated rings. The summed E-state index contributed by atoms with van der Waals surface area (Å²) in [5, 5.41) is 0. The van der Waals surface area contributed by atoms with Gasteiger partial charge in [-0.3, -0.25) is 9.69 Å². The first-order valence-corrected chi connectivity index (χ1v) is 16.6. The topological polar surface area (TPSA) is 42.4 Å². The summed E-state index contributed by atoms with van der Waals surface area (Å²) in [5.74, 6) is 10.9. The molecule has 2 aliphatic carbocycles. The van der Waals surface area contributed by atoms with Crippen molar-refractivity contribution < 1.29 is 13.9 Å². The van der Waals surface area contributed by atoms with Gasteiger partial charge in [-0.15, -0.1) is 0 Å². The van der Waals surface area contributed by atoms with E-state index in [2.05, 4.69) is 53.4 Å². The molecule has 7 atom stereocenters. The van der Waals surface area contributed by atoms with Gasteiger partial charge in [0.1, 0.15) is 17.7 Å². The number of halogens is 1. The normalized spacial score (nSPS) is 33.1. The molecule has 2 heterocycles. The van der Waals surface area contributed by atoms with E-state index in [0.717, 1.165) is 18.4 Å². The van der Waals surface area contributed by atoms with E-state index >= 15 is 0 Å². The fourth-order valence-corrected chi connectivity index (χ4v) is 9.19. The van der Waals surface area contributed by atoms with Gasteiger partial charge >= 0.3 is 0 Å². The molecular formula is C38H51FN2O2. The van der Waals surface area contributed by atoms with Crippen molar-refractivity contribution in [3.05, 3.63) is 59.5 Å². The van der Waals surface area contributed by atoms with Crippen LogP contribution < -0.4 is 4.90 Å². The number of carbonyl (C=O) groups is 1. The largest absolute Gasteiger partial charge is 0.371 e. The molecule has 1 aromatic carbocycles. The third kappa shape index (κ3) is 6.28. The molecule has 3 aliphatic rings. The Morgan fingerprint density at radius 1 is 0.907 bits per heavy atom. The monoisotopic (exact) mass is 586 g/mol. The van der Waals surface area contributed by atoms with Crippen LogP contribution in [0.4, 0.5) is 10.2 Å². The number of aromatic nitrogens is 1. The average Bonchev–Trinajstić information content (AvgIpc) is 3.28. The summed E-state index contributed by atoms with van der Waals surface area (Å²) in [7, 11) is 1.76. The molecule has 2 aromatic rings. The minimum Gasteiger partial charge on any atom is -0.371 e. The van der Waals surface area contributed by atoms with Crippen LogP contribution in [0, 0.1) is 70.4 Å². The number of benzene rings is 1. The van der Waals surface area contributed by atoms with Gasteiger partial charge in [-0.05, 0) is 103 Å². The summed E-state index contributed by atoms with van der Waals surface area (Å²) in [4.78, 5) is 21.2. The number of amides is 1. The summed E-state index contributed by atoms with van der Waals surface area (Å²) >= 11 is 0. The van der Waals surface area contributed by atoms with Crippen molar-refractivity contribution in [2.75, 3.05) is 18.6 Å². The Kier molecular flexibility index (Phi) is 9.67. The van der Waals surface area contributed by atoms with Crippen molar-refractivity contribution in [1.82, 2.24) is 4.98 Å². The number of hydrogen-bond acceptors (Lipinski definition) is 3. The first-order valence-electron chi connectivity index (χ1n) is 16.6. The highest BCUT2D eigenvalue weighted by molar-refractivity contribution is 5.99. The summed E-state index contributed by atoms with van der Waals surface area (Å²) in [6.45, 7) is 15.0. The van der Waals surface area contributed by atoms with E-state index in [9.17, 15) is 9.18 Å². The maximum Gasteiger partial charge on any atom is 0.257 e. The van der Waals surface area contributed by atoms with Gasteiger partial charge in [-0.1, -0.05) is 72.3 Å². The van der Waals surface area contributed by atoms with Crippen molar-refractivity contribution in [1.29, 1.82) is 0 Å². The van der Waals surface area contributed by atoms with Gasteiger partial charge < -0.3 is 4.74 Å². The SMILES string of the molecule is COC1C(=O)N(c2ccc(C#Cc3cccc(F)c3)cn2)CC1(C1CC(C)CCC1C(C)C)C1CC(C)CCC1C(C)C. The third-order valence-corrected chi connectivity index (χ3v) is 11.3. The summed E-state index contributed by atoms with van der Waals surface area (Å²) < 4.78 is 20.0. The molecule has 1 aliphatic heterocycles. The number of ether oxygens (including phenoxy) is 1. The molecule has 43 heavy (non-hydrogen) atoms. The molecule has 1 saturated heterocycles. The lowest BCUT2D eigenvalue weighted by Crippen LogP contribution is -2.56. The van der Waals surface area contributed by atoms with Gasteiger partial charge in [0.2, 0.25) is 0 Å². The Labute approximate surface area is 259 Å². The second kappa shape index (κ2) is 13.1. The minimum absolute atomic E-state index is 0.0510. The quantitative estimate of drug-likeness (QED) is 0.319. The van der Waals surface area contributed by atoms with Crippen LogP contribution in [0.3, 0.4) is 0 Å². The molecule has 7 unspecified atom stereocenters. The molecule has 4 nitrogen and oxygen atoms in total. The first-order chi connectivity index (χ1) is 20.5. The zero-order chi connectivity index (χ0) is 30.9. The van der Waals surface area contributed by atoms with Crippen molar-refractivity contribution in [2.24, 2.45) is 52.8 Å². The van der Waals surface area contributed by atoms with Crippen LogP contribution in [0.15, 0.2) is 42.6 Å². The molecular weight excluding hydrogens is 535 g/mol. The Morgan fingerprint density at radius 3 is 2.02 bits per heavy atom. The summed E-state index contributed by atoms with van der Waals surface area (Å²) in [6.07, 6.45) is 8.54. The number of pyridine rings is 1. The third-order valence-electron chi connectivity index (χ3n) is 11.3. The van der Waals surface area contributed by atoms with Gasteiger partial charge in [0.25, 0.3) is 5.91 Å². The zero-order valence-corrected chi connectivity index (χ0v) is 27.3. The fourth-order valence-electron chi connectivity index (χ4n) is 9.19. The van der Waals surface area contributed by atoms with Crippen LogP contribution >= 0.6 is 0 Å². The molecule has 1 aromatic heterocycles. The van der Waals surface area contributed by atoms with E-state index in [4.69, 9.17) is 9.72 Å². The first kappa shape index (κ1) is 31.7. The van der Waals surface area contributed by atoms with Crippen LogP contribution in [0.1, 0.15) is 91.2 Å². The van der Waals surface area contributed by atoms with Crippen LogP contribution in [-0.4, -0.2) is 30.6 Å². The highest BCUT2D eigenvalue weighted by atomic mass is 19.1. The average molecular weight is 587 g/mol. The number of methoxy groups -OCH3 is 1. The maximum absolute atomic E-state index is 14.5. The smallest absolute Gasteiger partial charge is 0.257 e. The van der Waals surface area contributed by atoms with E-state index in [1.54, 1.807) is 25.4 Å². The lowest BCUT2D eigenvalue weighted by atomic mass is 9.48. The van der Waals surface area contributed by atoms with E-state index in [1.165, 1.54) is 37.8 Å². The highest BCUT2D eigenvalue weighted by Crippen LogP contribution is 2.61. The number of hydrogen-bond donors (Lipinski definition) is 0. The van der Waals surface area contributed by atoms with Crippen molar-refractivity contribution in [3.63, 3.8) is 0 Å². The van der Waals surface area contributed by atoms with Gasteiger partial charge in [0, 0.05) is 36.4 Å². The Balaban J connectivity index is 1.56. The van der Waals surface area contributed by atoms with E-state index < -0.39 is 6.10 Å². The second-order valence-corrected chi connectivity index (χ2v) is 14.7. The fraction of sp³-hybridized carbons (Fsp3) is 0.632. The van der Waals surface area contributed by atoms with E-state index in [0.29, 0.717) is 65.3 Å². The lowest BCUT2D eigenvalue weighted by Gasteiger charge is -2.56. The predicted molar refractivity (Wildman–Crippen MR) is 172 cm³/mol. The van der Waals surface area contributed by atoms with Crippen LogP contribution in [0.2, 0.25) is 0 Å². The van der Waals surface area contributed by atoms with Crippen molar-refractivity contribution in [2.45, 2.75) is 86.2 Å². The standard InChI is InChI=1S/C38H51FN2O2/c1-24(2)31-16-11-26(5)19-33(31)38(34-20-27(6)12-17-32(34)25(3)4)23-41(37(42)36(38)43-7)35-18-15-29(22-40-35)14-13-28-9-8-10-30(39)21-28/h8-10,15,18,21-22,24-27,31-34,36H,11-12,16-17,19-20,23H2,1-7H3. The van der Waals surface area contributed by atoms with E-state index in [-0.39, 0.29) is 17.1 Å². The molecule has 232 valence electrons. The molecule has 0 N–H and O–H groups in total. The van der Waals surface area contributed by atoms with Gasteiger partial charge in [0.05, 0.1) is 0 Å². The van der Waals surface area contributed by atoms with Gasteiger partial charge in [0.15, 0.2) is 0 Å². The molecule has 5 heteroatoms. The van der Waals surface area contributed by atoms with Crippen LogP contribution in [0.25, 0.3) is 0 Å². The Hall–Kier alpha value is -2.71. The molecule has 1 amide bonds. The number of nitrogens with zero attached hydrogens (tertiary/aromatic N) is 2. The Morgan fingerprint density at radius 2 is 1.51 bits per heavy atom. The van der Waals surface area contributed by atoms with Crippen LogP contribution in [0.5, 0.6) is 0 Å². The maximum atomic E-state index is 14.5. The highest BCUT2D eigenvalue weighted by Gasteiger charge is 2.64. The second-order valence-electron chi connectivity index (χ2n) is 14.7. The summed E-state index contributed by atoms with van der Waals surface area (Å²) in [5.41, 5.74) is 1.09. The molecule has 2 saturated carbocycles. The Bertz CT molecular complexity index is 1290. The lowest BCUT2D eigenvalue weighted by molar-refractivity contribution is -0.150. The molecule has 0 bridgehead atoms. The molecule has 5 rings (SSSR count).